The second kappa shape index (κ2) is 12.4. The van der Waals surface area contributed by atoms with Gasteiger partial charge < -0.3 is 14.1 Å². The molecule has 0 fully saturated rings. The lowest BCUT2D eigenvalue weighted by Crippen LogP contribution is -1.96. The zero-order valence-corrected chi connectivity index (χ0v) is 19.1. The summed E-state index contributed by atoms with van der Waals surface area (Å²) < 4.78 is 32.8. The van der Waals surface area contributed by atoms with Crippen LogP contribution in [0.25, 0.3) is 22.4 Å². The molecule has 3 rings (SSSR count). The van der Waals surface area contributed by atoms with Gasteiger partial charge in [-0.05, 0) is 38.5 Å². The third-order valence-corrected chi connectivity index (χ3v) is 4.96. The normalized spacial score (nSPS) is 10.1. The molecule has 0 saturated heterocycles. The molecule has 1 aromatic heterocycles. The number of rotatable bonds is 4. The van der Waals surface area contributed by atoms with Gasteiger partial charge in [0.2, 0.25) is 0 Å². The van der Waals surface area contributed by atoms with Crippen molar-refractivity contribution in [3.05, 3.63) is 60.4 Å². The molecule has 0 aliphatic carbocycles. The highest BCUT2D eigenvalue weighted by Gasteiger charge is 2.17. The fourth-order valence-electron chi connectivity index (χ4n) is 2.58. The lowest BCUT2D eigenvalue weighted by atomic mass is 10.00. The predicted octanol–water partition coefficient (Wildman–Crippen LogP) is 4.50. The van der Waals surface area contributed by atoms with E-state index in [1.807, 2.05) is 37.3 Å². The van der Waals surface area contributed by atoms with Crippen LogP contribution >= 0.6 is 0 Å². The molecule has 0 amide bonds. The molecule has 2 aromatic carbocycles. The molecule has 0 N–H and O–H groups in total. The lowest BCUT2D eigenvalue weighted by molar-refractivity contribution is -0.140. The van der Waals surface area contributed by atoms with E-state index in [-0.39, 0.29) is 5.97 Å². The molecule has 7 nitrogen and oxygen atoms in total. The molecule has 0 aliphatic heterocycles. The Morgan fingerprint density at radius 2 is 1.61 bits per heavy atom. The van der Waals surface area contributed by atoms with Gasteiger partial charge in [-0.2, -0.15) is 0 Å². The van der Waals surface area contributed by atoms with Crippen molar-refractivity contribution >= 4 is 22.1 Å². The lowest BCUT2D eigenvalue weighted by Gasteiger charge is -2.04. The number of aldehydes is 1. The molecule has 0 aliphatic rings. The van der Waals surface area contributed by atoms with E-state index in [9.17, 15) is 13.2 Å². The van der Waals surface area contributed by atoms with Crippen LogP contribution in [-0.4, -0.2) is 38.7 Å². The summed E-state index contributed by atoms with van der Waals surface area (Å²) in [4.78, 5) is 18.9. The average molecular weight is 446 g/mol. The van der Waals surface area contributed by atoms with Crippen molar-refractivity contribution < 1.29 is 27.3 Å². The van der Waals surface area contributed by atoms with E-state index in [1.54, 1.807) is 31.2 Å². The summed E-state index contributed by atoms with van der Waals surface area (Å²) in [6.07, 6.45) is 1.95. The SMILES string of the molecule is CC=O.CCOC(C)=O.Cc1onc(-c2ccccc2)c1-c1ccc(S(C)(=O)=O)cc1. The van der Waals surface area contributed by atoms with Gasteiger partial charge in [0.05, 0.1) is 17.1 Å². The zero-order valence-electron chi connectivity index (χ0n) is 18.3. The molecular formula is C23H27NO6S. The minimum Gasteiger partial charge on any atom is -0.466 e. The van der Waals surface area contributed by atoms with Crippen molar-refractivity contribution in [3.63, 3.8) is 0 Å². The molecule has 0 bridgehead atoms. The fraction of sp³-hybridized carbons (Fsp3) is 0.261. The molecule has 0 radical (unpaired) electrons. The van der Waals surface area contributed by atoms with Gasteiger partial charge in [-0.15, -0.1) is 0 Å². The molecule has 0 saturated carbocycles. The number of aryl methyl sites for hydroxylation is 1. The number of esters is 1. The Morgan fingerprint density at radius 1 is 1.06 bits per heavy atom. The Morgan fingerprint density at radius 3 is 2.03 bits per heavy atom. The molecule has 1 heterocycles. The van der Waals surface area contributed by atoms with Gasteiger partial charge in [0.15, 0.2) is 9.84 Å². The van der Waals surface area contributed by atoms with Gasteiger partial charge >= 0.3 is 5.97 Å². The maximum atomic E-state index is 11.6. The van der Waals surface area contributed by atoms with Gasteiger partial charge in [0.1, 0.15) is 17.7 Å². The minimum atomic E-state index is -3.20. The second-order valence-electron chi connectivity index (χ2n) is 6.29. The Hall–Kier alpha value is -3.26. The van der Waals surface area contributed by atoms with Crippen molar-refractivity contribution in [2.24, 2.45) is 0 Å². The van der Waals surface area contributed by atoms with Crippen molar-refractivity contribution in [2.45, 2.75) is 32.6 Å². The Bertz CT molecular complexity index is 1070. The number of sulfone groups is 1. The van der Waals surface area contributed by atoms with Crippen molar-refractivity contribution in [1.82, 2.24) is 5.16 Å². The van der Waals surface area contributed by atoms with Crippen LogP contribution in [0, 0.1) is 6.92 Å². The van der Waals surface area contributed by atoms with Crippen LogP contribution in [0.3, 0.4) is 0 Å². The average Bonchev–Trinajstić information content (AvgIpc) is 3.10. The van der Waals surface area contributed by atoms with E-state index >= 15 is 0 Å². The first-order chi connectivity index (χ1) is 14.6. The standard InChI is InChI=1S/C17H15NO3S.C4H8O2.C2H4O/c1-12-16(13-8-10-15(11-9-13)22(2,19)20)17(18-21-12)14-6-4-3-5-7-14;1-3-6-4(2)5;1-2-3/h3-11H,1-2H3;3H2,1-2H3;2H,1H3. The summed E-state index contributed by atoms with van der Waals surface area (Å²) in [5.74, 6) is 0.489. The number of aromatic nitrogens is 1. The third kappa shape index (κ3) is 8.18. The highest BCUT2D eigenvalue weighted by molar-refractivity contribution is 7.90. The van der Waals surface area contributed by atoms with E-state index in [0.717, 1.165) is 28.7 Å². The first-order valence-electron chi connectivity index (χ1n) is 9.51. The molecule has 0 unspecified atom stereocenters. The number of carbonyl (C=O) groups is 2. The van der Waals surface area contributed by atoms with E-state index in [1.165, 1.54) is 20.1 Å². The van der Waals surface area contributed by atoms with Crippen molar-refractivity contribution in [3.8, 4) is 22.4 Å². The largest absolute Gasteiger partial charge is 0.466 e. The topological polar surface area (TPSA) is 104 Å². The summed E-state index contributed by atoms with van der Waals surface area (Å²) in [6.45, 7) is 6.94. The van der Waals surface area contributed by atoms with Gasteiger partial charge in [0.25, 0.3) is 0 Å². The van der Waals surface area contributed by atoms with Crippen LogP contribution in [0.4, 0.5) is 0 Å². The number of hydrogen-bond acceptors (Lipinski definition) is 7. The first-order valence-corrected chi connectivity index (χ1v) is 11.4. The summed E-state index contributed by atoms with van der Waals surface area (Å²) in [6, 6.07) is 16.5. The zero-order chi connectivity index (χ0) is 23.4. The minimum absolute atomic E-state index is 0.211. The Kier molecular flexibility index (Phi) is 10.3. The van der Waals surface area contributed by atoms with Crippen LogP contribution in [0.15, 0.2) is 64.0 Å². The summed E-state index contributed by atoms with van der Waals surface area (Å²) >= 11 is 0. The second-order valence-corrected chi connectivity index (χ2v) is 8.30. The number of carbonyl (C=O) groups excluding carboxylic acids is 2. The monoisotopic (exact) mass is 445 g/mol. The summed E-state index contributed by atoms with van der Waals surface area (Å²) in [5.41, 5.74) is 3.47. The smallest absolute Gasteiger partial charge is 0.302 e. The molecule has 3 aromatic rings. The van der Waals surface area contributed by atoms with Gasteiger partial charge in [0, 0.05) is 18.7 Å². The highest BCUT2D eigenvalue weighted by Crippen LogP contribution is 2.34. The predicted molar refractivity (Wildman–Crippen MR) is 119 cm³/mol. The molecule has 8 heteroatoms. The maximum Gasteiger partial charge on any atom is 0.302 e. The van der Waals surface area contributed by atoms with E-state index in [4.69, 9.17) is 9.32 Å². The van der Waals surface area contributed by atoms with Gasteiger partial charge in [-0.1, -0.05) is 47.6 Å². The van der Waals surface area contributed by atoms with Crippen LogP contribution in [-0.2, 0) is 24.2 Å². The number of ether oxygens (including phenoxy) is 1. The number of nitrogens with zero attached hydrogens (tertiary/aromatic N) is 1. The Balaban J connectivity index is 0.000000455. The molecule has 166 valence electrons. The van der Waals surface area contributed by atoms with Crippen LogP contribution in [0.1, 0.15) is 26.5 Å². The number of hydrogen-bond donors (Lipinski definition) is 0. The molecule has 0 atom stereocenters. The summed E-state index contributed by atoms with van der Waals surface area (Å²) in [5, 5.41) is 4.14. The quantitative estimate of drug-likeness (QED) is 0.430. The van der Waals surface area contributed by atoms with Crippen LogP contribution in [0.2, 0.25) is 0 Å². The van der Waals surface area contributed by atoms with E-state index in [2.05, 4.69) is 9.89 Å². The molecular weight excluding hydrogens is 418 g/mol. The Labute approximate surface area is 183 Å². The maximum absolute atomic E-state index is 11.6. The first kappa shape index (κ1) is 25.8. The fourth-order valence-corrected chi connectivity index (χ4v) is 3.21. The van der Waals surface area contributed by atoms with Crippen molar-refractivity contribution in [2.75, 3.05) is 12.9 Å². The van der Waals surface area contributed by atoms with E-state index < -0.39 is 9.84 Å². The van der Waals surface area contributed by atoms with Gasteiger partial charge in [-0.25, -0.2) is 8.42 Å². The molecule has 31 heavy (non-hydrogen) atoms. The van der Waals surface area contributed by atoms with Crippen LogP contribution in [0.5, 0.6) is 0 Å². The van der Waals surface area contributed by atoms with Gasteiger partial charge in [-0.3, -0.25) is 4.79 Å². The van der Waals surface area contributed by atoms with E-state index in [0.29, 0.717) is 17.3 Å². The third-order valence-electron chi connectivity index (χ3n) is 3.83. The molecule has 0 spiro atoms. The number of benzene rings is 2. The highest BCUT2D eigenvalue weighted by atomic mass is 32.2. The van der Waals surface area contributed by atoms with Crippen molar-refractivity contribution in [1.29, 1.82) is 0 Å². The van der Waals surface area contributed by atoms with Crippen LogP contribution < -0.4 is 0 Å². The summed E-state index contributed by atoms with van der Waals surface area (Å²) in [7, 11) is -3.20.